The van der Waals surface area contributed by atoms with Crippen LogP contribution < -0.4 is 0 Å². The third-order valence-corrected chi connectivity index (χ3v) is 3.74. The standard InChI is InChI=1S/C16H16N2S/c1-12(11-13-7-3-2-4-8-13)18-15-10-6-5-9-14(15)17-16(18)19/h2-10,12H,11H2,1H3,(H,17,19). The van der Waals surface area contributed by atoms with Gasteiger partial charge < -0.3 is 9.55 Å². The highest BCUT2D eigenvalue weighted by molar-refractivity contribution is 7.71. The van der Waals surface area contributed by atoms with E-state index in [0.717, 1.165) is 16.7 Å². The number of rotatable bonds is 3. The molecule has 0 amide bonds. The number of aromatic amines is 1. The maximum atomic E-state index is 5.45. The van der Waals surface area contributed by atoms with Gasteiger partial charge >= 0.3 is 0 Å². The third kappa shape index (κ3) is 2.34. The van der Waals surface area contributed by atoms with Crippen LogP contribution in [0.3, 0.4) is 0 Å². The fourth-order valence-electron chi connectivity index (χ4n) is 2.56. The van der Waals surface area contributed by atoms with Crippen LogP contribution >= 0.6 is 12.2 Å². The van der Waals surface area contributed by atoms with Crippen molar-refractivity contribution in [1.29, 1.82) is 0 Å². The van der Waals surface area contributed by atoms with E-state index in [9.17, 15) is 0 Å². The molecule has 0 saturated heterocycles. The molecule has 0 aliphatic carbocycles. The fourth-order valence-corrected chi connectivity index (χ4v) is 2.95. The van der Waals surface area contributed by atoms with Crippen molar-refractivity contribution in [3.63, 3.8) is 0 Å². The summed E-state index contributed by atoms with van der Waals surface area (Å²) in [6, 6.07) is 19.1. The van der Waals surface area contributed by atoms with Crippen molar-refractivity contribution in [3.05, 3.63) is 64.9 Å². The molecule has 0 aliphatic rings. The van der Waals surface area contributed by atoms with Gasteiger partial charge in [-0.15, -0.1) is 0 Å². The van der Waals surface area contributed by atoms with Crippen molar-refractivity contribution in [2.45, 2.75) is 19.4 Å². The molecule has 0 radical (unpaired) electrons. The monoisotopic (exact) mass is 268 g/mol. The van der Waals surface area contributed by atoms with Crippen LogP contribution in [0.4, 0.5) is 0 Å². The highest BCUT2D eigenvalue weighted by Gasteiger charge is 2.11. The van der Waals surface area contributed by atoms with Crippen molar-refractivity contribution >= 4 is 23.3 Å². The number of imidazole rings is 1. The SMILES string of the molecule is CC(Cc1ccccc1)n1c(=S)[nH]c2ccccc21. The van der Waals surface area contributed by atoms with E-state index in [-0.39, 0.29) is 0 Å². The van der Waals surface area contributed by atoms with Crippen LogP contribution in [0.1, 0.15) is 18.5 Å². The number of benzene rings is 2. The molecule has 1 atom stereocenters. The van der Waals surface area contributed by atoms with Crippen LogP contribution in [-0.4, -0.2) is 9.55 Å². The Morgan fingerprint density at radius 2 is 1.74 bits per heavy atom. The molecular weight excluding hydrogens is 252 g/mol. The van der Waals surface area contributed by atoms with Crippen LogP contribution in [0.5, 0.6) is 0 Å². The Kier molecular flexibility index (Phi) is 3.22. The van der Waals surface area contributed by atoms with Crippen LogP contribution in [0.2, 0.25) is 0 Å². The van der Waals surface area contributed by atoms with E-state index < -0.39 is 0 Å². The van der Waals surface area contributed by atoms with Gasteiger partial charge in [-0.2, -0.15) is 0 Å². The van der Waals surface area contributed by atoms with Gasteiger partial charge in [0.2, 0.25) is 0 Å². The van der Waals surface area contributed by atoms with Crippen LogP contribution in [-0.2, 0) is 6.42 Å². The number of aromatic nitrogens is 2. The molecule has 0 saturated carbocycles. The zero-order valence-corrected chi connectivity index (χ0v) is 11.7. The van der Waals surface area contributed by atoms with Crippen LogP contribution in [0.15, 0.2) is 54.6 Å². The van der Waals surface area contributed by atoms with E-state index in [2.05, 4.69) is 58.9 Å². The second kappa shape index (κ2) is 5.02. The Balaban J connectivity index is 2.00. The highest BCUT2D eigenvalue weighted by atomic mass is 32.1. The first-order chi connectivity index (χ1) is 9.25. The molecule has 0 aliphatic heterocycles. The Morgan fingerprint density at radius 1 is 1.05 bits per heavy atom. The van der Waals surface area contributed by atoms with E-state index in [4.69, 9.17) is 12.2 Å². The maximum Gasteiger partial charge on any atom is 0.178 e. The summed E-state index contributed by atoms with van der Waals surface area (Å²) in [5.41, 5.74) is 3.62. The summed E-state index contributed by atoms with van der Waals surface area (Å²) >= 11 is 5.45. The van der Waals surface area contributed by atoms with E-state index in [1.54, 1.807) is 0 Å². The van der Waals surface area contributed by atoms with Gasteiger partial charge in [-0.05, 0) is 43.3 Å². The minimum atomic E-state index is 0.339. The number of hydrogen-bond acceptors (Lipinski definition) is 1. The molecule has 0 bridgehead atoms. The van der Waals surface area contributed by atoms with E-state index in [1.807, 2.05) is 12.1 Å². The average molecular weight is 268 g/mol. The minimum Gasteiger partial charge on any atom is -0.331 e. The molecule has 0 fully saturated rings. The van der Waals surface area contributed by atoms with E-state index >= 15 is 0 Å². The number of nitrogens with one attached hydrogen (secondary N) is 1. The largest absolute Gasteiger partial charge is 0.331 e. The first-order valence-electron chi connectivity index (χ1n) is 6.49. The summed E-state index contributed by atoms with van der Waals surface area (Å²) in [4.78, 5) is 3.27. The van der Waals surface area contributed by atoms with Crippen molar-refractivity contribution in [2.24, 2.45) is 0 Å². The van der Waals surface area contributed by atoms with Gasteiger partial charge in [0.1, 0.15) is 0 Å². The Labute approximate surface area is 117 Å². The number of fused-ring (bicyclic) bond motifs is 1. The first kappa shape index (κ1) is 12.2. The minimum absolute atomic E-state index is 0.339. The zero-order chi connectivity index (χ0) is 13.2. The Bertz CT molecular complexity index is 740. The van der Waals surface area contributed by atoms with Gasteiger partial charge in [0.25, 0.3) is 0 Å². The first-order valence-corrected chi connectivity index (χ1v) is 6.89. The maximum absolute atomic E-state index is 5.45. The summed E-state index contributed by atoms with van der Waals surface area (Å²) in [6.45, 7) is 2.21. The van der Waals surface area contributed by atoms with Gasteiger partial charge in [0, 0.05) is 6.04 Å². The normalized spacial score (nSPS) is 12.7. The molecule has 1 unspecified atom stereocenters. The Morgan fingerprint density at radius 3 is 2.53 bits per heavy atom. The van der Waals surface area contributed by atoms with Crippen molar-refractivity contribution in [3.8, 4) is 0 Å². The van der Waals surface area contributed by atoms with E-state index in [1.165, 1.54) is 11.1 Å². The molecule has 3 aromatic rings. The van der Waals surface area contributed by atoms with Crippen LogP contribution in [0, 0.1) is 4.77 Å². The van der Waals surface area contributed by atoms with E-state index in [0.29, 0.717) is 6.04 Å². The number of nitrogens with zero attached hydrogens (tertiary/aromatic N) is 1. The molecule has 1 N–H and O–H groups in total. The quantitative estimate of drug-likeness (QED) is 0.693. The van der Waals surface area contributed by atoms with Gasteiger partial charge in [0.15, 0.2) is 4.77 Å². The lowest BCUT2D eigenvalue weighted by molar-refractivity contribution is 0.553. The molecule has 96 valence electrons. The average Bonchev–Trinajstić information content (AvgIpc) is 2.75. The van der Waals surface area contributed by atoms with Crippen molar-refractivity contribution < 1.29 is 0 Å². The summed E-state index contributed by atoms with van der Waals surface area (Å²) in [7, 11) is 0. The van der Waals surface area contributed by atoms with Gasteiger partial charge in [-0.25, -0.2) is 0 Å². The second-order valence-corrected chi connectivity index (χ2v) is 5.24. The molecule has 3 rings (SSSR count). The van der Waals surface area contributed by atoms with Crippen molar-refractivity contribution in [1.82, 2.24) is 9.55 Å². The molecule has 0 spiro atoms. The molecule has 1 aromatic heterocycles. The molecule has 3 heteroatoms. The molecule has 2 aromatic carbocycles. The summed E-state index contributed by atoms with van der Waals surface area (Å²) in [5.74, 6) is 0. The topological polar surface area (TPSA) is 20.7 Å². The molecule has 19 heavy (non-hydrogen) atoms. The lowest BCUT2D eigenvalue weighted by Gasteiger charge is -2.14. The van der Waals surface area contributed by atoms with Gasteiger partial charge in [0.05, 0.1) is 11.0 Å². The molecule has 2 nitrogen and oxygen atoms in total. The fraction of sp³-hybridized carbons (Fsp3) is 0.188. The summed E-state index contributed by atoms with van der Waals surface area (Å²) < 4.78 is 3.00. The lowest BCUT2D eigenvalue weighted by atomic mass is 10.1. The summed E-state index contributed by atoms with van der Waals surface area (Å²) in [6.07, 6.45) is 0.983. The van der Waals surface area contributed by atoms with Gasteiger partial charge in [-0.1, -0.05) is 42.5 Å². The second-order valence-electron chi connectivity index (χ2n) is 4.86. The number of H-pyrrole nitrogens is 1. The van der Waals surface area contributed by atoms with Gasteiger partial charge in [-0.3, -0.25) is 0 Å². The number of hydrogen-bond donors (Lipinski definition) is 1. The highest BCUT2D eigenvalue weighted by Crippen LogP contribution is 2.21. The van der Waals surface area contributed by atoms with Crippen molar-refractivity contribution in [2.75, 3.05) is 0 Å². The Hall–Kier alpha value is -1.87. The predicted molar refractivity (Wildman–Crippen MR) is 82.0 cm³/mol. The predicted octanol–water partition coefficient (Wildman–Crippen LogP) is 4.50. The number of para-hydroxylation sites is 2. The van der Waals surface area contributed by atoms with Crippen LogP contribution in [0.25, 0.3) is 11.0 Å². The molecular formula is C16H16N2S. The lowest BCUT2D eigenvalue weighted by Crippen LogP contribution is -2.08. The summed E-state index contributed by atoms with van der Waals surface area (Å²) in [5, 5.41) is 0. The smallest absolute Gasteiger partial charge is 0.178 e. The molecule has 1 heterocycles. The zero-order valence-electron chi connectivity index (χ0n) is 10.8. The third-order valence-electron chi connectivity index (χ3n) is 3.44.